The maximum atomic E-state index is 5.59. The third kappa shape index (κ3) is 3.54. The van der Waals surface area contributed by atoms with Crippen molar-refractivity contribution in [3.63, 3.8) is 0 Å². The van der Waals surface area contributed by atoms with Crippen molar-refractivity contribution in [2.24, 2.45) is 0 Å². The van der Waals surface area contributed by atoms with Crippen LogP contribution in [0.4, 0.5) is 5.95 Å². The van der Waals surface area contributed by atoms with Gasteiger partial charge < -0.3 is 15.2 Å². The molecule has 0 spiro atoms. The molecule has 1 aromatic heterocycles. The fourth-order valence-corrected chi connectivity index (χ4v) is 1.69. The molecule has 1 heterocycles. The van der Waals surface area contributed by atoms with Gasteiger partial charge in [0.05, 0.1) is 6.61 Å². The van der Waals surface area contributed by atoms with E-state index in [9.17, 15) is 0 Å². The van der Waals surface area contributed by atoms with Crippen LogP contribution in [0, 0.1) is 13.8 Å². The second-order valence-electron chi connectivity index (χ2n) is 4.12. The van der Waals surface area contributed by atoms with Crippen molar-refractivity contribution in [2.75, 3.05) is 12.3 Å². The summed E-state index contributed by atoms with van der Waals surface area (Å²) in [5.41, 5.74) is 7.78. The van der Waals surface area contributed by atoms with E-state index in [0.717, 1.165) is 11.1 Å². The van der Waals surface area contributed by atoms with Crippen LogP contribution in [0.5, 0.6) is 17.8 Å². The summed E-state index contributed by atoms with van der Waals surface area (Å²) in [7, 11) is 0. The molecule has 0 radical (unpaired) electrons. The van der Waals surface area contributed by atoms with Crippen molar-refractivity contribution >= 4 is 5.95 Å². The standard InChI is InChI=1S/C13H16N4O2/c1-4-18-12-15-11(14)16-13(17-12)19-10-6-8(2)5-9(3)7-10/h5-7H,4H2,1-3H3,(H2,14,15,16,17). The van der Waals surface area contributed by atoms with Gasteiger partial charge in [-0.25, -0.2) is 0 Å². The van der Waals surface area contributed by atoms with E-state index in [1.165, 1.54) is 0 Å². The summed E-state index contributed by atoms with van der Waals surface area (Å²) in [4.78, 5) is 11.8. The maximum Gasteiger partial charge on any atom is 0.330 e. The molecule has 0 amide bonds. The third-order valence-electron chi connectivity index (χ3n) is 2.29. The Labute approximate surface area is 111 Å². The van der Waals surface area contributed by atoms with E-state index in [-0.39, 0.29) is 18.0 Å². The summed E-state index contributed by atoms with van der Waals surface area (Å²) in [6.07, 6.45) is 0. The van der Waals surface area contributed by atoms with Gasteiger partial charge in [-0.3, -0.25) is 0 Å². The number of nitrogens with two attached hydrogens (primary N) is 1. The molecule has 0 aliphatic rings. The van der Waals surface area contributed by atoms with Crippen molar-refractivity contribution in [1.29, 1.82) is 0 Å². The largest absolute Gasteiger partial charge is 0.464 e. The maximum absolute atomic E-state index is 5.59. The molecule has 2 aromatic rings. The molecule has 0 bridgehead atoms. The summed E-state index contributed by atoms with van der Waals surface area (Å²) in [5, 5.41) is 0. The lowest BCUT2D eigenvalue weighted by atomic mass is 10.1. The molecular weight excluding hydrogens is 244 g/mol. The molecule has 0 atom stereocenters. The number of anilines is 1. The molecule has 19 heavy (non-hydrogen) atoms. The van der Waals surface area contributed by atoms with Gasteiger partial charge in [-0.05, 0) is 44.0 Å². The number of nitrogens with zero attached hydrogens (tertiary/aromatic N) is 3. The second-order valence-corrected chi connectivity index (χ2v) is 4.12. The molecule has 6 nitrogen and oxygen atoms in total. The van der Waals surface area contributed by atoms with E-state index in [1.54, 1.807) is 0 Å². The normalized spacial score (nSPS) is 10.3. The van der Waals surface area contributed by atoms with E-state index in [1.807, 2.05) is 32.9 Å². The van der Waals surface area contributed by atoms with Gasteiger partial charge in [0, 0.05) is 0 Å². The van der Waals surface area contributed by atoms with Crippen LogP contribution < -0.4 is 15.2 Å². The van der Waals surface area contributed by atoms with Crippen molar-refractivity contribution in [3.8, 4) is 17.8 Å². The predicted octanol–water partition coefficient (Wildman–Crippen LogP) is 2.26. The first-order valence-electron chi connectivity index (χ1n) is 5.97. The van der Waals surface area contributed by atoms with Gasteiger partial charge in [0.1, 0.15) is 5.75 Å². The summed E-state index contributed by atoms with van der Waals surface area (Å²) in [6, 6.07) is 6.14. The van der Waals surface area contributed by atoms with Crippen molar-refractivity contribution in [1.82, 2.24) is 15.0 Å². The lowest BCUT2D eigenvalue weighted by Crippen LogP contribution is -2.04. The molecule has 2 N–H and O–H groups in total. The minimum Gasteiger partial charge on any atom is -0.464 e. The molecule has 0 aliphatic heterocycles. The number of ether oxygens (including phenoxy) is 2. The first-order chi connectivity index (χ1) is 9.06. The van der Waals surface area contributed by atoms with Crippen LogP contribution >= 0.6 is 0 Å². The fourth-order valence-electron chi connectivity index (χ4n) is 1.69. The minimum absolute atomic E-state index is 0.0674. The average Bonchev–Trinajstić information content (AvgIpc) is 2.26. The SMILES string of the molecule is CCOc1nc(N)nc(Oc2cc(C)cc(C)c2)n1. The average molecular weight is 260 g/mol. The van der Waals surface area contributed by atoms with Crippen molar-refractivity contribution in [3.05, 3.63) is 29.3 Å². The van der Waals surface area contributed by atoms with E-state index < -0.39 is 0 Å². The molecule has 0 fully saturated rings. The topological polar surface area (TPSA) is 83.2 Å². The van der Waals surface area contributed by atoms with Gasteiger partial charge in [0.25, 0.3) is 0 Å². The number of rotatable bonds is 4. The van der Waals surface area contributed by atoms with Crippen LogP contribution in [0.3, 0.4) is 0 Å². The van der Waals surface area contributed by atoms with Crippen LogP contribution in [0.15, 0.2) is 18.2 Å². The van der Waals surface area contributed by atoms with Crippen LogP contribution in [0.25, 0.3) is 0 Å². The highest BCUT2D eigenvalue weighted by Gasteiger charge is 2.08. The monoisotopic (exact) mass is 260 g/mol. The van der Waals surface area contributed by atoms with Gasteiger partial charge in [0.2, 0.25) is 5.95 Å². The van der Waals surface area contributed by atoms with E-state index >= 15 is 0 Å². The smallest absolute Gasteiger partial charge is 0.330 e. The predicted molar refractivity (Wildman–Crippen MR) is 71.4 cm³/mol. The Morgan fingerprint density at radius 2 is 1.63 bits per heavy atom. The summed E-state index contributed by atoms with van der Waals surface area (Å²) in [6.45, 7) is 6.28. The highest BCUT2D eigenvalue weighted by molar-refractivity contribution is 5.35. The Bertz CT molecular complexity index is 567. The summed E-state index contributed by atoms with van der Waals surface area (Å²) >= 11 is 0. The zero-order valence-corrected chi connectivity index (χ0v) is 11.2. The molecule has 0 unspecified atom stereocenters. The quantitative estimate of drug-likeness (QED) is 0.907. The molecule has 1 aromatic carbocycles. The van der Waals surface area contributed by atoms with Crippen LogP contribution in [0.2, 0.25) is 0 Å². The van der Waals surface area contributed by atoms with Crippen molar-refractivity contribution in [2.45, 2.75) is 20.8 Å². The highest BCUT2D eigenvalue weighted by atomic mass is 16.5. The summed E-state index contributed by atoms with van der Waals surface area (Å²) in [5.74, 6) is 0.725. The van der Waals surface area contributed by atoms with Gasteiger partial charge >= 0.3 is 12.0 Å². The molecule has 0 aliphatic carbocycles. The number of aryl methyl sites for hydroxylation is 2. The van der Waals surface area contributed by atoms with E-state index in [2.05, 4.69) is 21.0 Å². The molecule has 0 saturated carbocycles. The third-order valence-corrected chi connectivity index (χ3v) is 2.29. The Balaban J connectivity index is 2.27. The van der Waals surface area contributed by atoms with Gasteiger partial charge in [-0.15, -0.1) is 4.98 Å². The Kier molecular flexibility index (Phi) is 3.79. The lowest BCUT2D eigenvalue weighted by Gasteiger charge is -2.07. The second kappa shape index (κ2) is 5.51. The Hall–Kier alpha value is -2.37. The van der Waals surface area contributed by atoms with Gasteiger partial charge in [0.15, 0.2) is 0 Å². The zero-order chi connectivity index (χ0) is 13.8. The number of nitrogen functional groups attached to an aromatic ring is 1. The Morgan fingerprint density at radius 3 is 2.26 bits per heavy atom. The van der Waals surface area contributed by atoms with Crippen LogP contribution in [0.1, 0.15) is 18.1 Å². The fraction of sp³-hybridized carbons (Fsp3) is 0.308. The Morgan fingerprint density at radius 1 is 1.00 bits per heavy atom. The van der Waals surface area contributed by atoms with Gasteiger partial charge in [-0.2, -0.15) is 9.97 Å². The highest BCUT2D eigenvalue weighted by Crippen LogP contribution is 2.22. The van der Waals surface area contributed by atoms with Gasteiger partial charge in [-0.1, -0.05) is 6.07 Å². The van der Waals surface area contributed by atoms with Crippen LogP contribution in [-0.2, 0) is 0 Å². The minimum atomic E-state index is 0.0674. The van der Waals surface area contributed by atoms with E-state index in [0.29, 0.717) is 12.4 Å². The first kappa shape index (κ1) is 13.1. The first-order valence-corrected chi connectivity index (χ1v) is 5.97. The molecule has 100 valence electrons. The van der Waals surface area contributed by atoms with Crippen molar-refractivity contribution < 1.29 is 9.47 Å². The number of hydrogen-bond acceptors (Lipinski definition) is 6. The molecular formula is C13H16N4O2. The zero-order valence-electron chi connectivity index (χ0n) is 11.2. The van der Waals surface area contributed by atoms with Crippen LogP contribution in [-0.4, -0.2) is 21.6 Å². The molecule has 0 saturated heterocycles. The number of aromatic nitrogens is 3. The lowest BCUT2D eigenvalue weighted by molar-refractivity contribution is 0.304. The van der Waals surface area contributed by atoms with E-state index in [4.69, 9.17) is 15.2 Å². The number of hydrogen-bond donors (Lipinski definition) is 1. The summed E-state index contributed by atoms with van der Waals surface area (Å²) < 4.78 is 10.8. The number of benzene rings is 1. The molecule has 6 heteroatoms. The molecule has 2 rings (SSSR count).